The number of nitro benzene ring substituents is 1. The fraction of sp³-hybridized carbons (Fsp3) is 0.0667. The molecule has 0 aliphatic heterocycles. The lowest BCUT2D eigenvalue weighted by molar-refractivity contribution is -0.384. The summed E-state index contributed by atoms with van der Waals surface area (Å²) in [4.78, 5) is 21.7. The minimum atomic E-state index is -0.741. The zero-order chi connectivity index (χ0) is 15.9. The topological polar surface area (TPSA) is 105 Å². The van der Waals surface area contributed by atoms with Crippen LogP contribution >= 0.6 is 0 Å². The third-order valence-corrected chi connectivity index (χ3v) is 2.78. The maximum absolute atomic E-state index is 11.7. The molecule has 7 nitrogen and oxygen atoms in total. The molecular formula is C15H11N3O4. The monoisotopic (exact) mass is 297 g/mol. The van der Waals surface area contributed by atoms with E-state index in [0.29, 0.717) is 0 Å². The SMILES string of the molecule is N#Cc1cc([N+](=O)[O-])ccc1NC(=O)OCc1ccccc1. The van der Waals surface area contributed by atoms with Crippen LogP contribution < -0.4 is 5.32 Å². The molecule has 0 radical (unpaired) electrons. The lowest BCUT2D eigenvalue weighted by Gasteiger charge is -2.08. The molecule has 0 aliphatic carbocycles. The summed E-state index contributed by atoms with van der Waals surface area (Å²) in [6.45, 7) is 0.0849. The van der Waals surface area contributed by atoms with Crippen LogP contribution in [0.1, 0.15) is 11.1 Å². The molecule has 0 atom stereocenters. The van der Waals surface area contributed by atoms with Gasteiger partial charge in [0.25, 0.3) is 5.69 Å². The largest absolute Gasteiger partial charge is 0.444 e. The minimum Gasteiger partial charge on any atom is -0.444 e. The summed E-state index contributed by atoms with van der Waals surface area (Å²) in [7, 11) is 0. The molecule has 2 rings (SSSR count). The molecule has 110 valence electrons. The van der Waals surface area contributed by atoms with Crippen LogP contribution in [-0.4, -0.2) is 11.0 Å². The first-order valence-corrected chi connectivity index (χ1v) is 6.26. The Morgan fingerprint density at radius 1 is 1.27 bits per heavy atom. The van der Waals surface area contributed by atoms with E-state index in [9.17, 15) is 14.9 Å². The maximum atomic E-state index is 11.7. The number of carbonyl (C=O) groups is 1. The average Bonchev–Trinajstić information content (AvgIpc) is 2.54. The van der Waals surface area contributed by atoms with E-state index >= 15 is 0 Å². The molecule has 1 amide bonds. The number of hydrogen-bond donors (Lipinski definition) is 1. The van der Waals surface area contributed by atoms with E-state index in [0.717, 1.165) is 11.6 Å². The fourth-order valence-corrected chi connectivity index (χ4v) is 1.72. The van der Waals surface area contributed by atoms with Crippen molar-refractivity contribution in [3.05, 3.63) is 69.8 Å². The van der Waals surface area contributed by atoms with Crippen molar-refractivity contribution in [3.8, 4) is 6.07 Å². The molecule has 1 N–H and O–H groups in total. The molecule has 0 heterocycles. The van der Waals surface area contributed by atoms with E-state index in [1.54, 1.807) is 18.2 Å². The van der Waals surface area contributed by atoms with Gasteiger partial charge in [-0.3, -0.25) is 15.4 Å². The number of amides is 1. The van der Waals surface area contributed by atoms with E-state index in [-0.39, 0.29) is 23.5 Å². The number of benzene rings is 2. The van der Waals surface area contributed by atoms with E-state index in [1.165, 1.54) is 12.1 Å². The zero-order valence-corrected chi connectivity index (χ0v) is 11.4. The van der Waals surface area contributed by atoms with Gasteiger partial charge in [0.15, 0.2) is 0 Å². The Bertz CT molecular complexity index is 738. The number of nitrogens with zero attached hydrogens (tertiary/aromatic N) is 2. The van der Waals surface area contributed by atoms with E-state index in [4.69, 9.17) is 10.00 Å². The van der Waals surface area contributed by atoms with Crippen molar-refractivity contribution in [2.75, 3.05) is 5.32 Å². The van der Waals surface area contributed by atoms with Gasteiger partial charge in [0, 0.05) is 12.1 Å². The molecule has 7 heteroatoms. The second-order valence-corrected chi connectivity index (χ2v) is 4.29. The Labute approximate surface area is 125 Å². The summed E-state index contributed by atoms with van der Waals surface area (Å²) in [6.07, 6.45) is -0.741. The Balaban J connectivity index is 2.02. The molecule has 0 aromatic heterocycles. The Morgan fingerprint density at radius 3 is 2.64 bits per heavy atom. The highest BCUT2D eigenvalue weighted by Gasteiger charge is 2.13. The molecule has 0 saturated carbocycles. The third-order valence-electron chi connectivity index (χ3n) is 2.78. The van der Waals surface area contributed by atoms with Gasteiger partial charge >= 0.3 is 6.09 Å². The average molecular weight is 297 g/mol. The maximum Gasteiger partial charge on any atom is 0.411 e. The predicted molar refractivity (Wildman–Crippen MR) is 78.1 cm³/mol. The highest BCUT2D eigenvalue weighted by atomic mass is 16.6. The summed E-state index contributed by atoms with van der Waals surface area (Å²) in [5, 5.41) is 22.0. The lowest BCUT2D eigenvalue weighted by atomic mass is 10.2. The number of non-ortho nitro benzene ring substituents is 1. The number of nitriles is 1. The Kier molecular flexibility index (Phi) is 4.67. The number of nitrogens with one attached hydrogen (secondary N) is 1. The van der Waals surface area contributed by atoms with Crippen molar-refractivity contribution >= 4 is 17.5 Å². The first kappa shape index (κ1) is 15.0. The second-order valence-electron chi connectivity index (χ2n) is 4.29. The van der Waals surface area contributed by atoms with E-state index < -0.39 is 11.0 Å². The molecule has 22 heavy (non-hydrogen) atoms. The van der Waals surface area contributed by atoms with Crippen LogP contribution in [0.5, 0.6) is 0 Å². The molecule has 0 saturated heterocycles. The van der Waals surface area contributed by atoms with Crippen LogP contribution in [0.25, 0.3) is 0 Å². The summed E-state index contributed by atoms with van der Waals surface area (Å²) in [5.74, 6) is 0. The fourth-order valence-electron chi connectivity index (χ4n) is 1.72. The molecule has 0 aliphatic rings. The normalized spacial score (nSPS) is 9.59. The predicted octanol–water partition coefficient (Wildman–Crippen LogP) is 3.22. The summed E-state index contributed by atoms with van der Waals surface area (Å²) >= 11 is 0. The van der Waals surface area contributed by atoms with Gasteiger partial charge in [-0.25, -0.2) is 4.79 Å². The van der Waals surface area contributed by atoms with Crippen LogP contribution in [0.2, 0.25) is 0 Å². The first-order valence-electron chi connectivity index (χ1n) is 6.26. The van der Waals surface area contributed by atoms with E-state index in [1.807, 2.05) is 18.2 Å². The van der Waals surface area contributed by atoms with Gasteiger partial charge in [0.2, 0.25) is 0 Å². The number of rotatable bonds is 4. The van der Waals surface area contributed by atoms with Gasteiger partial charge in [-0.05, 0) is 11.6 Å². The Morgan fingerprint density at radius 2 is 2.00 bits per heavy atom. The second kappa shape index (κ2) is 6.85. The van der Waals surface area contributed by atoms with Gasteiger partial charge in [-0.2, -0.15) is 5.26 Å². The van der Waals surface area contributed by atoms with Gasteiger partial charge < -0.3 is 4.74 Å². The van der Waals surface area contributed by atoms with Crippen LogP contribution in [0, 0.1) is 21.4 Å². The molecular weight excluding hydrogens is 286 g/mol. The number of hydrogen-bond acceptors (Lipinski definition) is 5. The van der Waals surface area contributed by atoms with Crippen molar-refractivity contribution in [3.63, 3.8) is 0 Å². The van der Waals surface area contributed by atoms with Crippen molar-refractivity contribution in [2.24, 2.45) is 0 Å². The van der Waals surface area contributed by atoms with Crippen LogP contribution in [0.15, 0.2) is 48.5 Å². The molecule has 0 fully saturated rings. The summed E-state index contributed by atoms with van der Waals surface area (Å²) in [5.41, 5.74) is 0.749. The Hall–Kier alpha value is -3.40. The van der Waals surface area contributed by atoms with Crippen LogP contribution in [0.4, 0.5) is 16.2 Å². The quantitative estimate of drug-likeness (QED) is 0.689. The number of carbonyl (C=O) groups excluding carboxylic acids is 1. The molecule has 2 aromatic rings. The van der Waals surface area contributed by atoms with Crippen LogP contribution in [-0.2, 0) is 11.3 Å². The molecule has 0 spiro atoms. The van der Waals surface area contributed by atoms with Crippen molar-refractivity contribution in [2.45, 2.75) is 6.61 Å². The van der Waals surface area contributed by atoms with Crippen molar-refractivity contribution < 1.29 is 14.5 Å². The smallest absolute Gasteiger partial charge is 0.411 e. The standard InChI is InChI=1S/C15H11N3O4/c16-9-12-8-13(18(20)21)6-7-14(12)17-15(19)22-10-11-4-2-1-3-5-11/h1-8H,10H2,(H,17,19). The van der Waals surface area contributed by atoms with Crippen molar-refractivity contribution in [1.82, 2.24) is 0 Å². The van der Waals surface area contributed by atoms with Crippen molar-refractivity contribution in [1.29, 1.82) is 5.26 Å². The zero-order valence-electron chi connectivity index (χ0n) is 11.4. The number of ether oxygens (including phenoxy) is 1. The number of anilines is 1. The highest BCUT2D eigenvalue weighted by molar-refractivity contribution is 5.86. The molecule has 0 bridgehead atoms. The number of nitro groups is 1. The van der Waals surface area contributed by atoms with Gasteiger partial charge in [-0.1, -0.05) is 30.3 Å². The highest BCUT2D eigenvalue weighted by Crippen LogP contribution is 2.21. The molecule has 2 aromatic carbocycles. The van der Waals surface area contributed by atoms with Gasteiger partial charge in [0.1, 0.15) is 12.7 Å². The lowest BCUT2D eigenvalue weighted by Crippen LogP contribution is -2.14. The first-order chi connectivity index (χ1) is 10.6. The van der Waals surface area contributed by atoms with Gasteiger partial charge in [0.05, 0.1) is 16.2 Å². The summed E-state index contributed by atoms with van der Waals surface area (Å²) < 4.78 is 5.02. The third kappa shape index (κ3) is 3.80. The van der Waals surface area contributed by atoms with Gasteiger partial charge in [-0.15, -0.1) is 0 Å². The molecule has 0 unspecified atom stereocenters. The van der Waals surface area contributed by atoms with Crippen LogP contribution in [0.3, 0.4) is 0 Å². The van der Waals surface area contributed by atoms with E-state index in [2.05, 4.69) is 5.32 Å². The summed E-state index contributed by atoms with van der Waals surface area (Å²) in [6, 6.07) is 14.5. The minimum absolute atomic E-state index is 0.00846.